The van der Waals surface area contributed by atoms with E-state index in [-0.39, 0.29) is 5.78 Å². The van der Waals surface area contributed by atoms with Gasteiger partial charge in [-0.25, -0.2) is 0 Å². The van der Waals surface area contributed by atoms with E-state index in [0.717, 1.165) is 40.6 Å². The zero-order chi connectivity index (χ0) is 16.0. The van der Waals surface area contributed by atoms with Crippen LogP contribution in [-0.4, -0.2) is 10.4 Å². The van der Waals surface area contributed by atoms with Crippen LogP contribution in [0.15, 0.2) is 42.5 Å². The Morgan fingerprint density at radius 2 is 1.78 bits per heavy atom. The average Bonchev–Trinajstić information content (AvgIpc) is 2.88. The molecular weight excluding hydrogens is 329 g/mol. The van der Waals surface area contributed by atoms with Gasteiger partial charge in [-0.15, -0.1) is 0 Å². The van der Waals surface area contributed by atoms with Crippen LogP contribution in [0.3, 0.4) is 0 Å². The summed E-state index contributed by atoms with van der Waals surface area (Å²) in [5.41, 5.74) is 4.01. The minimum Gasteiger partial charge on any atom is -0.333 e. The van der Waals surface area contributed by atoms with Gasteiger partial charge in [0.1, 0.15) is 0 Å². The number of ketones is 1. The Hall–Kier alpha value is -1.77. The summed E-state index contributed by atoms with van der Waals surface area (Å²) in [4.78, 5) is 12.6. The third-order valence-corrected chi connectivity index (χ3v) is 5.30. The number of nitrogens with zero attached hydrogens (tertiary/aromatic N) is 1. The highest BCUT2D eigenvalue weighted by molar-refractivity contribution is 6.45. The topological polar surface area (TPSA) is 22.0 Å². The third kappa shape index (κ3) is 2.37. The summed E-state index contributed by atoms with van der Waals surface area (Å²) in [5, 5.41) is 2.04. The van der Waals surface area contributed by atoms with Gasteiger partial charge < -0.3 is 4.57 Å². The number of hydrogen-bond acceptors (Lipinski definition) is 1. The minimum absolute atomic E-state index is 0.200. The standard InChI is InChI=1S/C19H15Cl2NO/c20-14-9-10-15-17(18(14)21)13-7-4-8-16(23)19(13)22(15)11-12-5-2-1-3-6-12/h1-3,5-6,9-10H,4,7-8,11H2. The van der Waals surface area contributed by atoms with Crippen molar-refractivity contribution in [1.82, 2.24) is 4.57 Å². The fraction of sp³-hybridized carbons (Fsp3) is 0.211. The van der Waals surface area contributed by atoms with E-state index in [9.17, 15) is 4.79 Å². The number of aryl methyl sites for hydroxylation is 1. The fourth-order valence-electron chi connectivity index (χ4n) is 3.49. The molecule has 0 atom stereocenters. The number of carbonyl (C=O) groups is 1. The lowest BCUT2D eigenvalue weighted by atomic mass is 9.94. The molecule has 4 rings (SSSR count). The monoisotopic (exact) mass is 343 g/mol. The molecule has 0 amide bonds. The first-order valence-electron chi connectivity index (χ1n) is 7.73. The van der Waals surface area contributed by atoms with Crippen LogP contribution in [0.1, 0.15) is 34.5 Å². The summed E-state index contributed by atoms with van der Waals surface area (Å²) in [6.45, 7) is 0.663. The number of benzene rings is 2. The van der Waals surface area contributed by atoms with Gasteiger partial charge in [-0.3, -0.25) is 4.79 Å². The summed E-state index contributed by atoms with van der Waals surface area (Å²) in [6, 6.07) is 13.9. The quantitative estimate of drug-likeness (QED) is 0.600. The Kier molecular flexibility index (Phi) is 3.67. The van der Waals surface area contributed by atoms with Crippen LogP contribution in [0.4, 0.5) is 0 Å². The zero-order valence-electron chi connectivity index (χ0n) is 12.5. The predicted molar refractivity (Wildman–Crippen MR) is 94.8 cm³/mol. The van der Waals surface area contributed by atoms with Crippen LogP contribution in [0.2, 0.25) is 10.0 Å². The van der Waals surface area contributed by atoms with Crippen molar-refractivity contribution in [2.24, 2.45) is 0 Å². The van der Waals surface area contributed by atoms with Gasteiger partial charge in [-0.05, 0) is 36.1 Å². The number of halogens is 2. The molecule has 1 aromatic heterocycles. The Balaban J connectivity index is 2.01. The van der Waals surface area contributed by atoms with Crippen LogP contribution in [-0.2, 0) is 13.0 Å². The summed E-state index contributed by atoms with van der Waals surface area (Å²) >= 11 is 12.7. The lowest BCUT2D eigenvalue weighted by Crippen LogP contribution is -2.15. The van der Waals surface area contributed by atoms with Crippen LogP contribution in [0.5, 0.6) is 0 Å². The highest BCUT2D eigenvalue weighted by Gasteiger charge is 2.27. The Morgan fingerprint density at radius 3 is 2.57 bits per heavy atom. The second-order valence-electron chi connectivity index (χ2n) is 5.93. The van der Waals surface area contributed by atoms with Crippen LogP contribution in [0.25, 0.3) is 10.9 Å². The minimum atomic E-state index is 0.200. The van der Waals surface area contributed by atoms with Gasteiger partial charge >= 0.3 is 0 Å². The van der Waals surface area contributed by atoms with Crippen molar-refractivity contribution in [2.75, 3.05) is 0 Å². The maximum atomic E-state index is 12.6. The van der Waals surface area contributed by atoms with Crippen molar-refractivity contribution in [3.05, 3.63) is 69.3 Å². The molecule has 116 valence electrons. The molecule has 2 nitrogen and oxygen atoms in total. The number of fused-ring (bicyclic) bond motifs is 3. The molecule has 0 saturated heterocycles. The van der Waals surface area contributed by atoms with E-state index in [1.807, 2.05) is 30.3 Å². The Bertz CT molecular complexity index is 912. The normalized spacial score (nSPS) is 14.3. The molecule has 0 radical (unpaired) electrons. The predicted octanol–water partition coefficient (Wildman–Crippen LogP) is 5.52. The van der Waals surface area contributed by atoms with E-state index >= 15 is 0 Å². The number of Topliss-reactive ketones (excluding diaryl/α,β-unsaturated/α-hetero) is 1. The Labute approximate surface area is 144 Å². The van der Waals surface area contributed by atoms with Gasteiger partial charge in [0.05, 0.1) is 21.3 Å². The maximum Gasteiger partial charge on any atom is 0.179 e. The fourth-order valence-corrected chi connectivity index (χ4v) is 3.92. The van der Waals surface area contributed by atoms with Gasteiger partial charge in [0, 0.05) is 18.4 Å². The van der Waals surface area contributed by atoms with Gasteiger partial charge in [0.15, 0.2) is 5.78 Å². The second kappa shape index (κ2) is 5.70. The molecule has 0 N–H and O–H groups in total. The van der Waals surface area contributed by atoms with Gasteiger partial charge in [0.2, 0.25) is 0 Å². The first kappa shape index (κ1) is 14.8. The number of aromatic nitrogens is 1. The molecule has 0 saturated carbocycles. The third-order valence-electron chi connectivity index (χ3n) is 4.50. The average molecular weight is 344 g/mol. The molecule has 0 fully saturated rings. The molecule has 3 aromatic rings. The smallest absolute Gasteiger partial charge is 0.179 e. The summed E-state index contributed by atoms with van der Waals surface area (Å²) in [6.07, 6.45) is 2.35. The van der Waals surface area contributed by atoms with E-state index in [0.29, 0.717) is 23.0 Å². The van der Waals surface area contributed by atoms with E-state index in [1.165, 1.54) is 0 Å². The number of rotatable bonds is 2. The number of hydrogen-bond donors (Lipinski definition) is 0. The van der Waals surface area contributed by atoms with E-state index in [2.05, 4.69) is 16.7 Å². The second-order valence-corrected chi connectivity index (χ2v) is 6.72. The summed E-state index contributed by atoms with van der Waals surface area (Å²) in [5.74, 6) is 0.200. The number of carbonyl (C=O) groups excluding carboxylic acids is 1. The highest BCUT2D eigenvalue weighted by atomic mass is 35.5. The molecule has 0 bridgehead atoms. The highest BCUT2D eigenvalue weighted by Crippen LogP contribution is 2.39. The van der Waals surface area contributed by atoms with E-state index < -0.39 is 0 Å². The van der Waals surface area contributed by atoms with Gasteiger partial charge in [-0.1, -0.05) is 53.5 Å². The van der Waals surface area contributed by atoms with Crippen molar-refractivity contribution in [1.29, 1.82) is 0 Å². The lowest BCUT2D eigenvalue weighted by molar-refractivity contribution is 0.0964. The maximum absolute atomic E-state index is 12.6. The van der Waals surface area contributed by atoms with Crippen molar-refractivity contribution in [3.8, 4) is 0 Å². The Morgan fingerprint density at radius 1 is 1.00 bits per heavy atom. The van der Waals surface area contributed by atoms with E-state index in [4.69, 9.17) is 23.2 Å². The molecule has 4 heteroatoms. The van der Waals surface area contributed by atoms with Gasteiger partial charge in [0.25, 0.3) is 0 Å². The molecule has 1 aliphatic rings. The van der Waals surface area contributed by atoms with Crippen molar-refractivity contribution < 1.29 is 4.79 Å². The van der Waals surface area contributed by atoms with Crippen LogP contribution in [0, 0.1) is 0 Å². The first-order chi connectivity index (χ1) is 11.2. The van der Waals surface area contributed by atoms with Crippen LogP contribution < -0.4 is 0 Å². The SMILES string of the molecule is O=C1CCCc2c1n(Cc1ccccc1)c1ccc(Cl)c(Cl)c21. The van der Waals surface area contributed by atoms with Crippen molar-refractivity contribution in [3.63, 3.8) is 0 Å². The molecule has 0 spiro atoms. The van der Waals surface area contributed by atoms with Crippen molar-refractivity contribution in [2.45, 2.75) is 25.8 Å². The van der Waals surface area contributed by atoms with Crippen LogP contribution >= 0.6 is 23.2 Å². The molecule has 0 aliphatic heterocycles. The van der Waals surface area contributed by atoms with Crippen molar-refractivity contribution >= 4 is 39.9 Å². The van der Waals surface area contributed by atoms with E-state index in [1.54, 1.807) is 0 Å². The molecule has 2 aromatic carbocycles. The molecule has 1 aliphatic carbocycles. The molecule has 1 heterocycles. The zero-order valence-corrected chi connectivity index (χ0v) is 14.0. The summed E-state index contributed by atoms with van der Waals surface area (Å²) < 4.78 is 2.10. The molecule has 0 unspecified atom stereocenters. The largest absolute Gasteiger partial charge is 0.333 e. The lowest BCUT2D eigenvalue weighted by Gasteiger charge is -2.15. The van der Waals surface area contributed by atoms with Gasteiger partial charge in [-0.2, -0.15) is 0 Å². The molecule has 23 heavy (non-hydrogen) atoms. The molecular formula is C19H15Cl2NO. The first-order valence-corrected chi connectivity index (χ1v) is 8.48. The summed E-state index contributed by atoms with van der Waals surface area (Å²) in [7, 11) is 0.